The van der Waals surface area contributed by atoms with Crippen LogP contribution in [0.15, 0.2) is 24.3 Å². The molecule has 1 N–H and O–H groups in total. The van der Waals surface area contributed by atoms with Crippen LogP contribution in [0.5, 0.6) is 0 Å². The molecule has 0 saturated carbocycles. The Hall–Kier alpha value is -1.63. The summed E-state index contributed by atoms with van der Waals surface area (Å²) >= 11 is 0. The number of anilines is 1. The van der Waals surface area contributed by atoms with Gasteiger partial charge in [0.25, 0.3) is 0 Å². The zero-order valence-electron chi connectivity index (χ0n) is 14.7. The number of amides is 2. The molecule has 0 aromatic heterocycles. The van der Waals surface area contributed by atoms with Crippen molar-refractivity contribution in [1.82, 2.24) is 10.2 Å². The van der Waals surface area contributed by atoms with Gasteiger partial charge in [0.15, 0.2) is 0 Å². The molecule has 4 rings (SSSR count). The van der Waals surface area contributed by atoms with Crippen LogP contribution in [0, 0.1) is 5.92 Å². The van der Waals surface area contributed by atoms with Crippen molar-refractivity contribution in [1.29, 1.82) is 0 Å². The Morgan fingerprint density at radius 3 is 2.80 bits per heavy atom. The molecule has 2 saturated heterocycles. The second-order valence-corrected chi connectivity index (χ2v) is 7.06. The summed E-state index contributed by atoms with van der Waals surface area (Å²) in [6.07, 6.45) is 2.01. The molecule has 2 fully saturated rings. The number of nitrogens with one attached hydrogen (secondary N) is 1. The summed E-state index contributed by atoms with van der Waals surface area (Å²) in [6, 6.07) is 8.52. The van der Waals surface area contributed by atoms with E-state index in [-0.39, 0.29) is 6.03 Å². The third-order valence-electron chi connectivity index (χ3n) is 5.62. The van der Waals surface area contributed by atoms with E-state index in [2.05, 4.69) is 16.3 Å². The highest BCUT2D eigenvalue weighted by Crippen LogP contribution is 2.27. The standard InChI is InChI=1S/C19H27N3O3/c23-19(22-7-5-15-3-1-2-4-17(15)22)20-13-18(16-6-10-25-14-16)21-8-11-24-12-9-21/h1-4,16,18H,5-14H2,(H,20,23)/t16-,18+/m0/s1. The molecule has 2 atom stereocenters. The number of carbonyl (C=O) groups excluding carboxylic acids is 1. The summed E-state index contributed by atoms with van der Waals surface area (Å²) in [5.74, 6) is 0.490. The van der Waals surface area contributed by atoms with E-state index in [0.717, 1.165) is 64.6 Å². The van der Waals surface area contributed by atoms with Crippen molar-refractivity contribution in [3.8, 4) is 0 Å². The van der Waals surface area contributed by atoms with Crippen LogP contribution in [0.4, 0.5) is 10.5 Å². The highest BCUT2D eigenvalue weighted by Gasteiger charge is 2.32. The molecule has 0 unspecified atom stereocenters. The maximum absolute atomic E-state index is 12.8. The molecule has 3 heterocycles. The van der Waals surface area contributed by atoms with Gasteiger partial charge in [0.2, 0.25) is 0 Å². The molecule has 1 aromatic rings. The van der Waals surface area contributed by atoms with E-state index in [4.69, 9.17) is 9.47 Å². The summed E-state index contributed by atoms with van der Waals surface area (Å²) in [6.45, 7) is 6.48. The van der Waals surface area contributed by atoms with Gasteiger partial charge in [-0.05, 0) is 24.5 Å². The summed E-state index contributed by atoms with van der Waals surface area (Å²) in [7, 11) is 0. The Morgan fingerprint density at radius 2 is 2.00 bits per heavy atom. The molecule has 136 valence electrons. The minimum absolute atomic E-state index is 0.0159. The van der Waals surface area contributed by atoms with E-state index >= 15 is 0 Å². The lowest BCUT2D eigenvalue weighted by atomic mass is 9.97. The summed E-state index contributed by atoms with van der Waals surface area (Å²) in [5.41, 5.74) is 2.30. The predicted molar refractivity (Wildman–Crippen MR) is 96.0 cm³/mol. The van der Waals surface area contributed by atoms with E-state index in [1.165, 1.54) is 5.56 Å². The highest BCUT2D eigenvalue weighted by atomic mass is 16.5. The lowest BCUT2D eigenvalue weighted by Gasteiger charge is -2.37. The van der Waals surface area contributed by atoms with E-state index in [1.807, 2.05) is 23.1 Å². The first-order valence-electron chi connectivity index (χ1n) is 9.36. The van der Waals surface area contributed by atoms with E-state index in [9.17, 15) is 4.79 Å². The topological polar surface area (TPSA) is 54.0 Å². The second-order valence-electron chi connectivity index (χ2n) is 7.06. The van der Waals surface area contributed by atoms with E-state index in [0.29, 0.717) is 18.5 Å². The number of urea groups is 1. The van der Waals surface area contributed by atoms with E-state index in [1.54, 1.807) is 0 Å². The number of carbonyl (C=O) groups is 1. The highest BCUT2D eigenvalue weighted by molar-refractivity contribution is 5.94. The van der Waals surface area contributed by atoms with Gasteiger partial charge >= 0.3 is 6.03 Å². The van der Waals surface area contributed by atoms with Gasteiger partial charge in [0.1, 0.15) is 0 Å². The van der Waals surface area contributed by atoms with Gasteiger partial charge in [-0.2, -0.15) is 0 Å². The third-order valence-corrected chi connectivity index (χ3v) is 5.62. The lowest BCUT2D eigenvalue weighted by Crippen LogP contribution is -2.53. The van der Waals surface area contributed by atoms with Crippen LogP contribution in [-0.4, -0.2) is 69.6 Å². The number of ether oxygens (including phenoxy) is 2. The number of para-hydroxylation sites is 1. The molecule has 1 aromatic carbocycles. The SMILES string of the molecule is O=C(NC[C@H]([C@H]1CCOC1)N1CCOCC1)N1CCc2ccccc21. The van der Waals surface area contributed by atoms with Gasteiger partial charge in [-0.1, -0.05) is 18.2 Å². The van der Waals surface area contributed by atoms with E-state index < -0.39 is 0 Å². The average molecular weight is 345 g/mol. The van der Waals surface area contributed by atoms with Crippen molar-refractivity contribution in [3.05, 3.63) is 29.8 Å². The first-order chi connectivity index (χ1) is 12.3. The van der Waals surface area contributed by atoms with Crippen LogP contribution in [0.25, 0.3) is 0 Å². The molecule has 2 amide bonds. The molecule has 0 spiro atoms. The molecule has 3 aliphatic heterocycles. The summed E-state index contributed by atoms with van der Waals surface area (Å²) < 4.78 is 11.1. The van der Waals surface area contributed by atoms with Gasteiger partial charge in [-0.25, -0.2) is 4.79 Å². The van der Waals surface area contributed by atoms with Crippen molar-refractivity contribution >= 4 is 11.7 Å². The minimum atomic E-state index is 0.0159. The first kappa shape index (κ1) is 16.8. The predicted octanol–water partition coefficient (Wildman–Crippen LogP) is 1.50. The van der Waals surface area contributed by atoms with Crippen molar-refractivity contribution in [2.45, 2.75) is 18.9 Å². The number of nitrogens with zero attached hydrogens (tertiary/aromatic N) is 2. The van der Waals surface area contributed by atoms with Crippen LogP contribution >= 0.6 is 0 Å². The molecule has 25 heavy (non-hydrogen) atoms. The Morgan fingerprint density at radius 1 is 1.16 bits per heavy atom. The Bertz CT molecular complexity index is 597. The number of hydrogen-bond donors (Lipinski definition) is 1. The molecule has 0 bridgehead atoms. The van der Waals surface area contributed by atoms with Crippen LogP contribution < -0.4 is 10.2 Å². The van der Waals surface area contributed by atoms with Crippen LogP contribution in [0.2, 0.25) is 0 Å². The molecular formula is C19H27N3O3. The largest absolute Gasteiger partial charge is 0.381 e. The second kappa shape index (κ2) is 7.72. The third kappa shape index (κ3) is 3.66. The lowest BCUT2D eigenvalue weighted by molar-refractivity contribution is 0.00217. The monoisotopic (exact) mass is 345 g/mol. The minimum Gasteiger partial charge on any atom is -0.381 e. The van der Waals surface area contributed by atoms with Gasteiger partial charge in [0, 0.05) is 50.4 Å². The van der Waals surface area contributed by atoms with Crippen LogP contribution in [0.1, 0.15) is 12.0 Å². The molecule has 3 aliphatic rings. The molecular weight excluding hydrogens is 318 g/mol. The van der Waals surface area contributed by atoms with Gasteiger partial charge in [-0.3, -0.25) is 9.80 Å². The number of morpholine rings is 1. The first-order valence-corrected chi connectivity index (χ1v) is 9.36. The Kier molecular flexibility index (Phi) is 5.20. The molecule has 0 radical (unpaired) electrons. The number of fused-ring (bicyclic) bond motifs is 1. The van der Waals surface area contributed by atoms with Gasteiger partial charge in [0.05, 0.1) is 19.8 Å². The molecule has 6 heteroatoms. The van der Waals surface area contributed by atoms with Crippen molar-refractivity contribution in [2.75, 3.05) is 57.5 Å². The van der Waals surface area contributed by atoms with Crippen molar-refractivity contribution < 1.29 is 14.3 Å². The van der Waals surface area contributed by atoms with Crippen molar-refractivity contribution in [2.24, 2.45) is 5.92 Å². The number of rotatable bonds is 4. The molecule has 0 aliphatic carbocycles. The van der Waals surface area contributed by atoms with Gasteiger partial charge < -0.3 is 14.8 Å². The number of benzene rings is 1. The molecule has 6 nitrogen and oxygen atoms in total. The fourth-order valence-corrected chi connectivity index (χ4v) is 4.20. The van der Waals surface area contributed by atoms with Crippen molar-refractivity contribution in [3.63, 3.8) is 0 Å². The zero-order valence-corrected chi connectivity index (χ0v) is 14.7. The fraction of sp³-hybridized carbons (Fsp3) is 0.632. The Balaban J connectivity index is 1.39. The number of hydrogen-bond acceptors (Lipinski definition) is 4. The average Bonchev–Trinajstić information content (AvgIpc) is 3.32. The van der Waals surface area contributed by atoms with Gasteiger partial charge in [-0.15, -0.1) is 0 Å². The maximum atomic E-state index is 12.8. The fourth-order valence-electron chi connectivity index (χ4n) is 4.20. The zero-order chi connectivity index (χ0) is 17.1. The Labute approximate surface area is 149 Å². The summed E-state index contributed by atoms with van der Waals surface area (Å²) in [4.78, 5) is 17.1. The maximum Gasteiger partial charge on any atom is 0.321 e. The van der Waals surface area contributed by atoms with Crippen LogP contribution in [-0.2, 0) is 15.9 Å². The normalized spacial score (nSPS) is 25.0. The smallest absolute Gasteiger partial charge is 0.321 e. The van der Waals surface area contributed by atoms with Crippen LogP contribution in [0.3, 0.4) is 0 Å². The quantitative estimate of drug-likeness (QED) is 0.898. The summed E-state index contributed by atoms with van der Waals surface area (Å²) in [5, 5.41) is 3.19.